The van der Waals surface area contributed by atoms with E-state index in [4.69, 9.17) is 16.3 Å². The summed E-state index contributed by atoms with van der Waals surface area (Å²) in [5.74, 6) is 1.20. The third-order valence-corrected chi connectivity index (χ3v) is 4.18. The lowest BCUT2D eigenvalue weighted by Crippen LogP contribution is -2.14. The van der Waals surface area contributed by atoms with E-state index in [-0.39, 0.29) is 12.3 Å². The highest BCUT2D eigenvalue weighted by atomic mass is 35.5. The molecular formula is C17H14ClN3O2S. The molecule has 3 aromatic rings. The Morgan fingerprint density at radius 2 is 1.88 bits per heavy atom. The summed E-state index contributed by atoms with van der Waals surface area (Å²) in [4.78, 5) is 16.4. The first kappa shape index (κ1) is 16.4. The molecule has 0 fully saturated rings. The zero-order valence-electron chi connectivity index (χ0n) is 12.8. The molecule has 0 spiro atoms. The van der Waals surface area contributed by atoms with Crippen molar-refractivity contribution in [2.75, 3.05) is 12.4 Å². The monoisotopic (exact) mass is 359 g/mol. The summed E-state index contributed by atoms with van der Waals surface area (Å²) in [6, 6.07) is 14.6. The third kappa shape index (κ3) is 4.10. The maximum atomic E-state index is 12.1. The van der Waals surface area contributed by atoms with Gasteiger partial charge in [0.15, 0.2) is 5.82 Å². The van der Waals surface area contributed by atoms with E-state index in [9.17, 15) is 4.79 Å². The van der Waals surface area contributed by atoms with Gasteiger partial charge >= 0.3 is 0 Å². The zero-order chi connectivity index (χ0) is 16.9. The predicted octanol–water partition coefficient (Wildman–Crippen LogP) is 4.05. The van der Waals surface area contributed by atoms with Gasteiger partial charge in [-0.05, 0) is 42.0 Å². The standard InChI is InChI=1S/C17H14ClN3O2S/c1-23-14-8-4-12(5-9-14)16-20-17(24-21-16)19-15(22)10-11-2-6-13(18)7-3-11/h2-9H,10H2,1H3,(H,19,20,21,22). The molecule has 122 valence electrons. The van der Waals surface area contributed by atoms with Crippen LogP contribution in [0.2, 0.25) is 5.02 Å². The summed E-state index contributed by atoms with van der Waals surface area (Å²) < 4.78 is 9.39. The number of carbonyl (C=O) groups excluding carboxylic acids is 1. The molecule has 24 heavy (non-hydrogen) atoms. The Morgan fingerprint density at radius 3 is 2.54 bits per heavy atom. The van der Waals surface area contributed by atoms with Gasteiger partial charge in [0.2, 0.25) is 11.0 Å². The minimum absolute atomic E-state index is 0.144. The van der Waals surface area contributed by atoms with Gasteiger partial charge in [0, 0.05) is 22.1 Å². The van der Waals surface area contributed by atoms with Gasteiger partial charge in [-0.1, -0.05) is 23.7 Å². The SMILES string of the molecule is COc1ccc(-c2nsc(NC(=O)Cc3ccc(Cl)cc3)n2)cc1. The minimum Gasteiger partial charge on any atom is -0.497 e. The second kappa shape index (κ2) is 7.42. The topological polar surface area (TPSA) is 64.1 Å². The zero-order valence-corrected chi connectivity index (χ0v) is 14.4. The molecule has 0 bridgehead atoms. The number of amides is 1. The molecule has 7 heteroatoms. The van der Waals surface area contributed by atoms with Gasteiger partial charge in [0.1, 0.15) is 5.75 Å². The van der Waals surface area contributed by atoms with E-state index in [1.54, 1.807) is 19.2 Å². The van der Waals surface area contributed by atoms with Gasteiger partial charge in [0.05, 0.1) is 13.5 Å². The number of halogens is 1. The lowest BCUT2D eigenvalue weighted by Gasteiger charge is -2.02. The van der Waals surface area contributed by atoms with Gasteiger partial charge in [-0.3, -0.25) is 4.79 Å². The number of carbonyl (C=O) groups is 1. The summed E-state index contributed by atoms with van der Waals surface area (Å²) in [5, 5.41) is 3.88. The molecule has 3 rings (SSSR count). The maximum Gasteiger partial charge on any atom is 0.230 e. The molecule has 0 saturated carbocycles. The van der Waals surface area contributed by atoms with Crippen LogP contribution in [0.4, 0.5) is 5.13 Å². The number of benzene rings is 2. The van der Waals surface area contributed by atoms with Crippen molar-refractivity contribution in [2.24, 2.45) is 0 Å². The van der Waals surface area contributed by atoms with Crippen LogP contribution < -0.4 is 10.1 Å². The second-order valence-electron chi connectivity index (χ2n) is 5.00. The largest absolute Gasteiger partial charge is 0.497 e. The number of methoxy groups -OCH3 is 1. The summed E-state index contributed by atoms with van der Waals surface area (Å²) in [5.41, 5.74) is 1.75. The van der Waals surface area contributed by atoms with E-state index in [2.05, 4.69) is 14.7 Å². The van der Waals surface area contributed by atoms with E-state index >= 15 is 0 Å². The number of anilines is 1. The van der Waals surface area contributed by atoms with E-state index in [1.807, 2.05) is 36.4 Å². The Hall–Kier alpha value is -2.44. The molecule has 0 radical (unpaired) electrons. The van der Waals surface area contributed by atoms with Crippen LogP contribution in [0.5, 0.6) is 5.75 Å². The molecular weight excluding hydrogens is 346 g/mol. The molecule has 1 N–H and O–H groups in total. The molecule has 5 nitrogen and oxygen atoms in total. The van der Waals surface area contributed by atoms with E-state index < -0.39 is 0 Å². The van der Waals surface area contributed by atoms with Crippen molar-refractivity contribution in [3.8, 4) is 17.1 Å². The average Bonchev–Trinajstić information content (AvgIpc) is 3.05. The van der Waals surface area contributed by atoms with Crippen LogP contribution in [0.3, 0.4) is 0 Å². The van der Waals surface area contributed by atoms with Crippen LogP contribution in [0, 0.1) is 0 Å². The van der Waals surface area contributed by atoms with Crippen LogP contribution >= 0.6 is 23.1 Å². The Morgan fingerprint density at radius 1 is 1.17 bits per heavy atom. The first-order chi connectivity index (χ1) is 11.6. The lowest BCUT2D eigenvalue weighted by atomic mass is 10.1. The first-order valence-corrected chi connectivity index (χ1v) is 8.31. The van der Waals surface area contributed by atoms with Crippen LogP contribution in [0.25, 0.3) is 11.4 Å². The number of hydrogen-bond acceptors (Lipinski definition) is 5. The van der Waals surface area contributed by atoms with Gasteiger partial charge < -0.3 is 10.1 Å². The Balaban J connectivity index is 1.64. The number of nitrogens with zero attached hydrogens (tertiary/aromatic N) is 2. The number of nitrogens with one attached hydrogen (secondary N) is 1. The number of ether oxygens (including phenoxy) is 1. The fraction of sp³-hybridized carbons (Fsp3) is 0.118. The molecule has 1 aromatic heterocycles. The third-order valence-electron chi connectivity index (χ3n) is 3.30. The van der Waals surface area contributed by atoms with Gasteiger partial charge in [-0.25, -0.2) is 0 Å². The molecule has 1 amide bonds. The number of hydrogen-bond donors (Lipinski definition) is 1. The average molecular weight is 360 g/mol. The number of rotatable bonds is 5. The highest BCUT2D eigenvalue weighted by Gasteiger charge is 2.10. The Labute approximate surface area is 148 Å². The van der Waals surface area contributed by atoms with Crippen LogP contribution in [0.1, 0.15) is 5.56 Å². The van der Waals surface area contributed by atoms with E-state index in [1.165, 1.54) is 0 Å². The van der Waals surface area contributed by atoms with Crippen molar-refractivity contribution in [1.29, 1.82) is 0 Å². The van der Waals surface area contributed by atoms with Crippen molar-refractivity contribution in [1.82, 2.24) is 9.36 Å². The molecule has 0 atom stereocenters. The van der Waals surface area contributed by atoms with Gasteiger partial charge in [-0.15, -0.1) is 0 Å². The molecule has 0 aliphatic rings. The highest BCUT2D eigenvalue weighted by Crippen LogP contribution is 2.23. The smallest absolute Gasteiger partial charge is 0.230 e. The summed E-state index contributed by atoms with van der Waals surface area (Å²) >= 11 is 6.98. The minimum atomic E-state index is -0.144. The first-order valence-electron chi connectivity index (χ1n) is 7.16. The maximum absolute atomic E-state index is 12.1. The summed E-state index contributed by atoms with van der Waals surface area (Å²) in [6.07, 6.45) is 0.259. The summed E-state index contributed by atoms with van der Waals surface area (Å²) in [6.45, 7) is 0. The molecule has 0 saturated heterocycles. The van der Waals surface area contributed by atoms with Gasteiger partial charge in [0.25, 0.3) is 0 Å². The molecule has 0 aliphatic carbocycles. The van der Waals surface area contributed by atoms with Crippen molar-refractivity contribution in [2.45, 2.75) is 6.42 Å². The molecule has 1 heterocycles. The Kier molecular flexibility index (Phi) is 5.08. The molecule has 0 unspecified atom stereocenters. The van der Waals surface area contributed by atoms with E-state index in [0.717, 1.165) is 28.4 Å². The number of aromatic nitrogens is 2. The van der Waals surface area contributed by atoms with Crippen molar-refractivity contribution < 1.29 is 9.53 Å². The second-order valence-corrected chi connectivity index (χ2v) is 6.19. The molecule has 0 aliphatic heterocycles. The van der Waals surface area contributed by atoms with E-state index in [0.29, 0.717) is 16.0 Å². The van der Waals surface area contributed by atoms with Crippen LogP contribution in [-0.2, 0) is 11.2 Å². The lowest BCUT2D eigenvalue weighted by molar-refractivity contribution is -0.115. The fourth-order valence-corrected chi connectivity index (χ4v) is 2.81. The van der Waals surface area contributed by atoms with Crippen LogP contribution in [-0.4, -0.2) is 22.4 Å². The highest BCUT2D eigenvalue weighted by molar-refractivity contribution is 7.10. The Bertz CT molecular complexity index is 832. The van der Waals surface area contributed by atoms with Gasteiger partial charge in [-0.2, -0.15) is 9.36 Å². The fourth-order valence-electron chi connectivity index (χ4n) is 2.08. The normalized spacial score (nSPS) is 10.4. The predicted molar refractivity (Wildman–Crippen MR) is 95.7 cm³/mol. The quantitative estimate of drug-likeness (QED) is 0.746. The van der Waals surface area contributed by atoms with Crippen molar-refractivity contribution in [3.05, 3.63) is 59.1 Å². The van der Waals surface area contributed by atoms with Crippen molar-refractivity contribution in [3.63, 3.8) is 0 Å². The summed E-state index contributed by atoms with van der Waals surface area (Å²) in [7, 11) is 1.62. The molecule has 2 aromatic carbocycles. The van der Waals surface area contributed by atoms with Crippen LogP contribution in [0.15, 0.2) is 48.5 Å². The van der Waals surface area contributed by atoms with Crippen molar-refractivity contribution >= 4 is 34.2 Å².